The summed E-state index contributed by atoms with van der Waals surface area (Å²) in [6.45, 7) is 8.45. The van der Waals surface area contributed by atoms with Crippen molar-refractivity contribution in [3.63, 3.8) is 0 Å². The highest BCUT2D eigenvalue weighted by Crippen LogP contribution is 2.47. The minimum Gasteiger partial charge on any atom is -0.505 e. The molecule has 0 bridgehead atoms. The van der Waals surface area contributed by atoms with Crippen LogP contribution in [0.15, 0.2) is 113 Å². The molecule has 1 saturated heterocycles. The number of amides is 2. The van der Waals surface area contributed by atoms with Crippen molar-refractivity contribution >= 4 is 47.9 Å². The minimum absolute atomic E-state index is 0.120. The summed E-state index contributed by atoms with van der Waals surface area (Å²) in [6.07, 6.45) is 2.46. The fourth-order valence-corrected chi connectivity index (χ4v) is 13.7. The van der Waals surface area contributed by atoms with Crippen molar-refractivity contribution in [3.05, 3.63) is 129 Å². The lowest BCUT2D eigenvalue weighted by Gasteiger charge is -2.44. The van der Waals surface area contributed by atoms with Crippen molar-refractivity contribution in [2.24, 2.45) is 17.8 Å². The Morgan fingerprint density at radius 2 is 1.67 bits per heavy atom. The second-order valence-corrected chi connectivity index (χ2v) is 20.7. The van der Waals surface area contributed by atoms with Crippen molar-refractivity contribution in [1.29, 1.82) is 0 Å². The molecular formula is C44H50FNO6SSi. The van der Waals surface area contributed by atoms with Crippen LogP contribution < -0.4 is 10.4 Å². The van der Waals surface area contributed by atoms with Crippen LogP contribution in [0.2, 0.25) is 5.04 Å². The zero-order chi connectivity index (χ0) is 38.6. The molecule has 2 aliphatic rings. The molecule has 0 unspecified atom stereocenters. The van der Waals surface area contributed by atoms with E-state index in [-0.39, 0.29) is 42.8 Å². The summed E-state index contributed by atoms with van der Waals surface area (Å²) in [7, 11) is -3.04. The van der Waals surface area contributed by atoms with Gasteiger partial charge in [-0.25, -0.2) is 4.39 Å². The molecule has 54 heavy (non-hydrogen) atoms. The molecular weight excluding hydrogens is 718 g/mol. The highest BCUT2D eigenvalue weighted by molar-refractivity contribution is 7.09. The zero-order valence-corrected chi connectivity index (χ0v) is 33.2. The fraction of sp³-hybridized carbons (Fsp3) is 0.364. The summed E-state index contributed by atoms with van der Waals surface area (Å²) in [5.74, 6) is -3.96. The summed E-state index contributed by atoms with van der Waals surface area (Å²) in [6, 6.07) is 28.5. The summed E-state index contributed by atoms with van der Waals surface area (Å²) < 4.78 is 21.5. The molecule has 3 aromatic carbocycles. The van der Waals surface area contributed by atoms with Crippen LogP contribution in [0.4, 0.5) is 4.39 Å². The number of phenolic OH excluding ortho intramolecular Hbond substituents is 1. The number of imide groups is 1. The van der Waals surface area contributed by atoms with Crippen LogP contribution in [0, 0.1) is 23.6 Å². The van der Waals surface area contributed by atoms with Gasteiger partial charge in [0.05, 0.1) is 37.7 Å². The monoisotopic (exact) mass is 767 g/mol. The maximum absolute atomic E-state index is 14.1. The van der Waals surface area contributed by atoms with Crippen LogP contribution >= 0.6 is 11.3 Å². The summed E-state index contributed by atoms with van der Waals surface area (Å²) in [5.41, 5.74) is 2.89. The van der Waals surface area contributed by atoms with E-state index in [1.807, 2.05) is 66.9 Å². The van der Waals surface area contributed by atoms with Crippen LogP contribution in [-0.2, 0) is 20.6 Å². The standard InChI is InChI=1S/C44H50FNO6SSi/c1-5-29(23-30-19-20-38(48)37(45)24-30)18-21-39(49)40-31(25-35-41(36(40)27-47)43(51)46(42(35)50)26-32-13-12-22-53-32)28-52-54(44(2,3)4,33-14-8-6-9-15-33)34-16-10-7-11-17-34/h6-17,19-20,22-24,35-36,39,41,47-49H,5,18,21,25-28H2,1-4H3/b29-23+/t35-,36+,39-,41-/m1/s1. The number of aliphatic hydroxyl groups excluding tert-OH is 2. The predicted molar refractivity (Wildman–Crippen MR) is 214 cm³/mol. The second kappa shape index (κ2) is 16.7. The van der Waals surface area contributed by atoms with Gasteiger partial charge in [0, 0.05) is 10.8 Å². The molecule has 0 radical (unpaired) electrons. The largest absolute Gasteiger partial charge is 0.505 e. The maximum atomic E-state index is 14.1. The van der Waals surface area contributed by atoms with Crippen molar-refractivity contribution in [2.45, 2.75) is 71.1 Å². The molecule has 4 atom stereocenters. The average molecular weight is 768 g/mol. The normalized spacial score (nSPS) is 20.1. The van der Waals surface area contributed by atoms with Crippen molar-refractivity contribution < 1.29 is 33.7 Å². The summed E-state index contributed by atoms with van der Waals surface area (Å²) in [5, 5.41) is 36.7. The van der Waals surface area contributed by atoms with E-state index < -0.39 is 50.3 Å². The third-order valence-electron chi connectivity index (χ3n) is 11.1. The number of fused-ring (bicyclic) bond motifs is 1. The SMILES string of the molecule is CC/C(=C\c1ccc(O)c(F)c1)CC[C@@H](O)C1=C(CO[Si](c2ccccc2)(c2ccccc2)C(C)(C)C)C[C@H]2C(=O)N(Cc3cccs3)C(=O)[C@H]2[C@H]1CO. The first kappa shape index (κ1) is 39.5. The zero-order valence-electron chi connectivity index (χ0n) is 31.4. The van der Waals surface area contributed by atoms with E-state index in [9.17, 15) is 29.3 Å². The quantitative estimate of drug-likeness (QED) is 0.0712. The van der Waals surface area contributed by atoms with Gasteiger partial charge in [0.2, 0.25) is 11.8 Å². The Morgan fingerprint density at radius 3 is 2.22 bits per heavy atom. The molecule has 2 amide bonds. The van der Waals surface area contributed by atoms with Gasteiger partial charge in [-0.2, -0.15) is 0 Å². The highest BCUT2D eigenvalue weighted by Gasteiger charge is 2.56. The molecule has 1 fully saturated rings. The third kappa shape index (κ3) is 7.81. The number of allylic oxidation sites excluding steroid dienone is 1. The summed E-state index contributed by atoms with van der Waals surface area (Å²) in [4.78, 5) is 30.4. The number of likely N-dealkylation sites (tertiary alicyclic amines) is 1. The first-order chi connectivity index (χ1) is 25.9. The van der Waals surface area contributed by atoms with Gasteiger partial charge in [-0.05, 0) is 81.4 Å². The number of hydrogen-bond donors (Lipinski definition) is 3. The lowest BCUT2D eigenvalue weighted by atomic mass is 9.68. The Bertz CT molecular complexity index is 1950. The van der Waals surface area contributed by atoms with Gasteiger partial charge in [0.25, 0.3) is 8.32 Å². The van der Waals surface area contributed by atoms with Crippen LogP contribution in [0.5, 0.6) is 5.75 Å². The molecule has 10 heteroatoms. The molecule has 284 valence electrons. The van der Waals surface area contributed by atoms with Gasteiger partial charge in [-0.3, -0.25) is 14.5 Å². The van der Waals surface area contributed by atoms with Gasteiger partial charge >= 0.3 is 0 Å². The van der Waals surface area contributed by atoms with Gasteiger partial charge in [-0.1, -0.05) is 112 Å². The Kier molecular flexibility index (Phi) is 12.2. The molecule has 0 spiro atoms. The number of hydrogen-bond acceptors (Lipinski definition) is 7. The molecule has 6 rings (SSSR count). The van der Waals surface area contributed by atoms with Crippen molar-refractivity contribution in [1.82, 2.24) is 4.90 Å². The van der Waals surface area contributed by atoms with Gasteiger partial charge < -0.3 is 19.7 Å². The second-order valence-electron chi connectivity index (χ2n) is 15.4. The number of halogens is 1. The molecule has 1 aromatic heterocycles. The fourth-order valence-electron chi connectivity index (χ4n) is 8.51. The van der Waals surface area contributed by atoms with Gasteiger partial charge in [0.15, 0.2) is 11.6 Å². The van der Waals surface area contributed by atoms with Crippen molar-refractivity contribution in [3.8, 4) is 5.75 Å². The number of phenols is 1. The number of carbonyl (C=O) groups is 2. The van der Waals surface area contributed by atoms with E-state index in [0.29, 0.717) is 24.0 Å². The number of rotatable bonds is 14. The molecule has 7 nitrogen and oxygen atoms in total. The first-order valence-electron chi connectivity index (χ1n) is 18.7. The Balaban J connectivity index is 1.40. The van der Waals surface area contributed by atoms with Gasteiger partial charge in [-0.15, -0.1) is 11.3 Å². The number of thiophene rings is 1. The summed E-state index contributed by atoms with van der Waals surface area (Å²) >= 11 is 1.48. The van der Waals surface area contributed by atoms with Gasteiger partial charge in [0.1, 0.15) is 0 Å². The lowest BCUT2D eigenvalue weighted by molar-refractivity contribution is -0.140. The van der Waals surface area contributed by atoms with Crippen LogP contribution in [0.3, 0.4) is 0 Å². The Morgan fingerprint density at radius 1 is 1.00 bits per heavy atom. The van der Waals surface area contributed by atoms with E-state index in [4.69, 9.17) is 4.43 Å². The van der Waals surface area contributed by atoms with Crippen molar-refractivity contribution in [2.75, 3.05) is 13.2 Å². The number of nitrogens with zero attached hydrogens (tertiary/aromatic N) is 1. The minimum atomic E-state index is -3.04. The topological polar surface area (TPSA) is 107 Å². The Labute approximate surface area is 322 Å². The smallest absolute Gasteiger partial charge is 0.261 e. The predicted octanol–water partition coefficient (Wildman–Crippen LogP) is 7.21. The van der Waals surface area contributed by atoms with E-state index in [0.717, 1.165) is 26.4 Å². The third-order valence-corrected chi connectivity index (χ3v) is 17.0. The molecule has 0 saturated carbocycles. The van der Waals surface area contributed by atoms with E-state index in [2.05, 4.69) is 45.0 Å². The maximum Gasteiger partial charge on any atom is 0.261 e. The van der Waals surface area contributed by atoms with Crippen LogP contribution in [0.25, 0.3) is 6.08 Å². The number of carbonyl (C=O) groups excluding carboxylic acids is 2. The van der Waals surface area contributed by atoms with Crippen LogP contribution in [0.1, 0.15) is 63.8 Å². The molecule has 1 aliphatic heterocycles. The number of aliphatic hydroxyl groups is 2. The molecule has 1 aliphatic carbocycles. The average Bonchev–Trinajstić information content (AvgIpc) is 3.77. The molecule has 3 N–H and O–H groups in total. The van der Waals surface area contributed by atoms with E-state index in [1.165, 1.54) is 28.4 Å². The lowest BCUT2D eigenvalue weighted by Crippen LogP contribution is -2.66. The first-order valence-corrected chi connectivity index (χ1v) is 21.5. The Hall–Kier alpha value is -4.19. The highest BCUT2D eigenvalue weighted by atomic mass is 32.1. The van der Waals surface area contributed by atoms with E-state index >= 15 is 0 Å². The molecule has 4 aromatic rings. The number of benzene rings is 3. The molecule has 2 heterocycles. The van der Waals surface area contributed by atoms with Crippen LogP contribution in [-0.4, -0.2) is 59.7 Å². The van der Waals surface area contributed by atoms with E-state index in [1.54, 1.807) is 6.07 Å². The number of aromatic hydroxyl groups is 1.